The number of rotatable bonds is 5. The third-order valence-corrected chi connectivity index (χ3v) is 4.24. The molecule has 0 aliphatic heterocycles. The summed E-state index contributed by atoms with van der Waals surface area (Å²) < 4.78 is 6.90. The van der Waals surface area contributed by atoms with Gasteiger partial charge in [0.2, 0.25) is 5.16 Å². The largest absolute Gasteiger partial charge is 0.497 e. The number of methoxy groups -OCH3 is 1. The molecule has 0 atom stereocenters. The number of hydrogen-bond donors (Lipinski definition) is 0. The summed E-state index contributed by atoms with van der Waals surface area (Å²) >= 11 is 1.61. The second-order valence-electron chi connectivity index (χ2n) is 4.85. The van der Waals surface area contributed by atoms with Crippen molar-refractivity contribution in [2.45, 2.75) is 17.8 Å². The second-order valence-corrected chi connectivity index (χ2v) is 5.79. The molecule has 0 aliphatic carbocycles. The molecule has 22 heavy (non-hydrogen) atoms. The summed E-state index contributed by atoms with van der Waals surface area (Å²) in [6.07, 6.45) is 0. The van der Waals surface area contributed by atoms with Crippen LogP contribution in [0.4, 0.5) is 0 Å². The van der Waals surface area contributed by atoms with Crippen LogP contribution in [0.25, 0.3) is 5.69 Å². The molecule has 0 unspecified atom stereocenters. The molecule has 0 saturated carbocycles. The Hall–Kier alpha value is -2.34. The van der Waals surface area contributed by atoms with Crippen LogP contribution < -0.4 is 4.74 Å². The molecule has 0 saturated heterocycles. The van der Waals surface area contributed by atoms with E-state index in [1.807, 2.05) is 24.3 Å². The van der Waals surface area contributed by atoms with Crippen LogP contribution in [0.1, 0.15) is 11.1 Å². The molecule has 5 nitrogen and oxygen atoms in total. The first-order valence-corrected chi connectivity index (χ1v) is 7.86. The molecule has 1 aromatic heterocycles. The van der Waals surface area contributed by atoms with Crippen LogP contribution in [0.5, 0.6) is 5.75 Å². The molecule has 0 bridgehead atoms. The maximum Gasteiger partial charge on any atom is 0.214 e. The Morgan fingerprint density at radius 1 is 1.05 bits per heavy atom. The zero-order chi connectivity index (χ0) is 15.4. The van der Waals surface area contributed by atoms with Crippen molar-refractivity contribution in [1.29, 1.82) is 0 Å². The van der Waals surface area contributed by atoms with Gasteiger partial charge in [-0.05, 0) is 47.2 Å². The van der Waals surface area contributed by atoms with Crippen molar-refractivity contribution >= 4 is 11.8 Å². The molecule has 0 spiro atoms. The smallest absolute Gasteiger partial charge is 0.214 e. The summed E-state index contributed by atoms with van der Waals surface area (Å²) in [7, 11) is 1.65. The summed E-state index contributed by atoms with van der Waals surface area (Å²) in [4.78, 5) is 0. The van der Waals surface area contributed by atoms with E-state index in [9.17, 15) is 0 Å². The fourth-order valence-electron chi connectivity index (χ4n) is 1.99. The second kappa shape index (κ2) is 6.62. The van der Waals surface area contributed by atoms with Crippen molar-refractivity contribution in [2.75, 3.05) is 7.11 Å². The Morgan fingerprint density at radius 2 is 1.77 bits per heavy atom. The van der Waals surface area contributed by atoms with Gasteiger partial charge in [0.05, 0.1) is 12.8 Å². The lowest BCUT2D eigenvalue weighted by Gasteiger charge is -2.05. The Bertz CT molecular complexity index is 738. The Balaban J connectivity index is 1.75. The lowest BCUT2D eigenvalue weighted by Crippen LogP contribution is -1.99. The van der Waals surface area contributed by atoms with E-state index < -0.39 is 0 Å². The van der Waals surface area contributed by atoms with E-state index in [-0.39, 0.29) is 0 Å². The van der Waals surface area contributed by atoms with Gasteiger partial charge in [-0.25, -0.2) is 0 Å². The number of tetrazole rings is 1. The van der Waals surface area contributed by atoms with Gasteiger partial charge < -0.3 is 4.74 Å². The fourth-order valence-corrected chi connectivity index (χ4v) is 2.83. The zero-order valence-electron chi connectivity index (χ0n) is 12.4. The van der Waals surface area contributed by atoms with Crippen molar-refractivity contribution in [2.24, 2.45) is 0 Å². The highest BCUT2D eigenvalue weighted by Crippen LogP contribution is 2.23. The van der Waals surface area contributed by atoms with Crippen LogP contribution in [-0.2, 0) is 5.75 Å². The van der Waals surface area contributed by atoms with E-state index in [1.54, 1.807) is 23.6 Å². The molecular formula is C16H16N4OS. The number of hydrogen-bond acceptors (Lipinski definition) is 5. The summed E-state index contributed by atoms with van der Waals surface area (Å²) in [5.41, 5.74) is 3.42. The number of aryl methyl sites for hydroxylation is 1. The van der Waals surface area contributed by atoms with Crippen molar-refractivity contribution < 1.29 is 4.74 Å². The molecule has 0 aliphatic rings. The monoisotopic (exact) mass is 312 g/mol. The van der Waals surface area contributed by atoms with E-state index in [0.717, 1.165) is 22.3 Å². The molecule has 1 heterocycles. The summed E-state index contributed by atoms with van der Waals surface area (Å²) in [6, 6.07) is 16.1. The molecular weight excluding hydrogens is 296 g/mol. The number of ether oxygens (including phenoxy) is 1. The van der Waals surface area contributed by atoms with Gasteiger partial charge in [-0.3, -0.25) is 0 Å². The van der Waals surface area contributed by atoms with Crippen LogP contribution in [0.2, 0.25) is 0 Å². The third-order valence-electron chi connectivity index (χ3n) is 3.25. The molecule has 6 heteroatoms. The molecule has 0 fully saturated rings. The number of aromatic nitrogens is 4. The van der Waals surface area contributed by atoms with E-state index >= 15 is 0 Å². The average Bonchev–Trinajstić information content (AvgIpc) is 3.03. The topological polar surface area (TPSA) is 52.8 Å². The minimum absolute atomic E-state index is 0.769. The highest BCUT2D eigenvalue weighted by atomic mass is 32.2. The predicted octanol–water partition coefficient (Wildman–Crippen LogP) is 3.27. The molecule has 2 aromatic carbocycles. The normalized spacial score (nSPS) is 10.6. The fraction of sp³-hybridized carbons (Fsp3) is 0.188. The van der Waals surface area contributed by atoms with Crippen molar-refractivity contribution in [3.63, 3.8) is 0 Å². The number of thioether (sulfide) groups is 1. The van der Waals surface area contributed by atoms with E-state index in [1.165, 1.54) is 11.1 Å². The Labute approximate surface area is 133 Å². The lowest BCUT2D eigenvalue weighted by atomic mass is 10.2. The van der Waals surface area contributed by atoms with Crippen LogP contribution in [0, 0.1) is 6.92 Å². The molecule has 112 valence electrons. The maximum atomic E-state index is 5.17. The van der Waals surface area contributed by atoms with Crippen LogP contribution in [-0.4, -0.2) is 27.3 Å². The molecule has 0 N–H and O–H groups in total. The lowest BCUT2D eigenvalue weighted by molar-refractivity contribution is 0.414. The highest BCUT2D eigenvalue weighted by molar-refractivity contribution is 7.98. The molecule has 0 amide bonds. The number of benzene rings is 2. The van der Waals surface area contributed by atoms with Gasteiger partial charge >= 0.3 is 0 Å². The van der Waals surface area contributed by atoms with E-state index in [4.69, 9.17) is 4.74 Å². The minimum atomic E-state index is 0.769. The standard InChI is InChI=1S/C16H16N4OS/c1-12-3-5-13(6-4-12)11-22-16-17-18-19-20(16)14-7-9-15(21-2)10-8-14/h3-10H,11H2,1-2H3. The van der Waals surface area contributed by atoms with Gasteiger partial charge in [0.25, 0.3) is 0 Å². The van der Waals surface area contributed by atoms with E-state index in [0.29, 0.717) is 0 Å². The van der Waals surface area contributed by atoms with Crippen molar-refractivity contribution in [3.8, 4) is 11.4 Å². The molecule has 0 radical (unpaired) electrons. The van der Waals surface area contributed by atoms with Gasteiger partial charge in [0.1, 0.15) is 5.75 Å². The van der Waals surface area contributed by atoms with Crippen LogP contribution in [0.15, 0.2) is 53.7 Å². The number of nitrogens with zero attached hydrogens (tertiary/aromatic N) is 4. The highest BCUT2D eigenvalue weighted by Gasteiger charge is 2.09. The quantitative estimate of drug-likeness (QED) is 0.677. The third kappa shape index (κ3) is 3.28. The van der Waals surface area contributed by atoms with Gasteiger partial charge in [-0.15, -0.1) is 5.10 Å². The summed E-state index contributed by atoms with van der Waals surface area (Å²) in [5.74, 6) is 1.64. The van der Waals surface area contributed by atoms with Gasteiger partial charge in [-0.1, -0.05) is 41.6 Å². The van der Waals surface area contributed by atoms with E-state index in [2.05, 4.69) is 46.7 Å². The SMILES string of the molecule is COc1ccc(-n2nnnc2SCc2ccc(C)cc2)cc1. The van der Waals surface area contributed by atoms with Crippen LogP contribution >= 0.6 is 11.8 Å². The first kappa shape index (κ1) is 14.6. The van der Waals surface area contributed by atoms with Gasteiger partial charge in [-0.2, -0.15) is 4.68 Å². The Kier molecular flexibility index (Phi) is 4.39. The van der Waals surface area contributed by atoms with Gasteiger partial charge in [0, 0.05) is 5.75 Å². The molecule has 3 rings (SSSR count). The van der Waals surface area contributed by atoms with Crippen molar-refractivity contribution in [3.05, 3.63) is 59.7 Å². The maximum absolute atomic E-state index is 5.17. The minimum Gasteiger partial charge on any atom is -0.497 e. The molecule has 3 aromatic rings. The predicted molar refractivity (Wildman–Crippen MR) is 86.4 cm³/mol. The van der Waals surface area contributed by atoms with Crippen molar-refractivity contribution in [1.82, 2.24) is 20.2 Å². The Morgan fingerprint density at radius 3 is 2.45 bits per heavy atom. The summed E-state index contributed by atoms with van der Waals surface area (Å²) in [5, 5.41) is 12.7. The zero-order valence-corrected chi connectivity index (χ0v) is 13.2. The summed E-state index contributed by atoms with van der Waals surface area (Å²) in [6.45, 7) is 2.08. The van der Waals surface area contributed by atoms with Gasteiger partial charge in [0.15, 0.2) is 0 Å². The average molecular weight is 312 g/mol. The first-order chi connectivity index (χ1) is 10.8. The van der Waals surface area contributed by atoms with Crippen LogP contribution in [0.3, 0.4) is 0 Å². The first-order valence-electron chi connectivity index (χ1n) is 6.87.